The zero-order valence-corrected chi connectivity index (χ0v) is 13.9. The lowest BCUT2D eigenvalue weighted by Crippen LogP contribution is -2.12. The number of fused-ring (bicyclic) bond motifs is 2. The fourth-order valence-electron chi connectivity index (χ4n) is 3.20. The van der Waals surface area contributed by atoms with Crippen LogP contribution < -0.4 is 10.9 Å². The third-order valence-corrected chi connectivity index (χ3v) is 4.51. The Morgan fingerprint density at radius 3 is 1.38 bits per heavy atom. The molecule has 4 heteroatoms. The molecule has 0 amide bonds. The Bertz CT molecular complexity index is 1040. The first-order valence-electron chi connectivity index (χ1n) is 8.27. The van der Waals surface area contributed by atoms with Crippen LogP contribution in [-0.2, 0) is 0 Å². The van der Waals surface area contributed by atoms with Crippen LogP contribution in [0.1, 0.15) is 20.7 Å². The van der Waals surface area contributed by atoms with E-state index in [4.69, 9.17) is 0 Å². The monoisotopic (exact) mass is 340 g/mol. The molecule has 2 N–H and O–H groups in total. The van der Waals surface area contributed by atoms with Crippen molar-refractivity contribution in [3.8, 4) is 0 Å². The third-order valence-electron chi connectivity index (χ3n) is 4.51. The maximum absolute atomic E-state index is 11.6. The zero-order valence-electron chi connectivity index (χ0n) is 13.9. The van der Waals surface area contributed by atoms with Crippen molar-refractivity contribution < 1.29 is 9.59 Å². The van der Waals surface area contributed by atoms with E-state index in [-0.39, 0.29) is 0 Å². The molecule has 0 heterocycles. The second-order valence-corrected chi connectivity index (χ2v) is 5.98. The van der Waals surface area contributed by atoms with Crippen LogP contribution in [0.15, 0.2) is 72.8 Å². The Balaban J connectivity index is 1.72. The fraction of sp³-hybridized carbons (Fsp3) is 0. The number of anilines is 2. The number of aldehydes is 2. The first-order valence-corrected chi connectivity index (χ1v) is 8.27. The normalized spacial score (nSPS) is 10.6. The van der Waals surface area contributed by atoms with E-state index >= 15 is 0 Å². The molecule has 26 heavy (non-hydrogen) atoms. The zero-order chi connectivity index (χ0) is 17.9. The Hall–Kier alpha value is -3.66. The highest BCUT2D eigenvalue weighted by atomic mass is 16.1. The van der Waals surface area contributed by atoms with Gasteiger partial charge in [0.05, 0.1) is 11.4 Å². The summed E-state index contributed by atoms with van der Waals surface area (Å²) in [7, 11) is 0. The van der Waals surface area contributed by atoms with Crippen LogP contribution in [0.5, 0.6) is 0 Å². The maximum atomic E-state index is 11.6. The third kappa shape index (κ3) is 2.67. The van der Waals surface area contributed by atoms with Gasteiger partial charge >= 0.3 is 0 Å². The smallest absolute Gasteiger partial charge is 0.152 e. The molecule has 0 unspecified atom stereocenters. The Morgan fingerprint density at radius 1 is 0.538 bits per heavy atom. The van der Waals surface area contributed by atoms with E-state index in [1.807, 2.05) is 72.8 Å². The van der Waals surface area contributed by atoms with Gasteiger partial charge in [-0.15, -0.1) is 0 Å². The number of carbonyl (C=O) groups excluding carboxylic acids is 2. The molecule has 0 saturated carbocycles. The fourth-order valence-corrected chi connectivity index (χ4v) is 3.20. The summed E-state index contributed by atoms with van der Waals surface area (Å²) in [6.45, 7) is 0. The average molecular weight is 340 g/mol. The van der Waals surface area contributed by atoms with Crippen LogP contribution in [0, 0.1) is 0 Å². The predicted molar refractivity (Wildman–Crippen MR) is 106 cm³/mol. The Kier molecular flexibility index (Phi) is 4.07. The predicted octanol–water partition coefficient (Wildman–Crippen LogP) is 5.06. The van der Waals surface area contributed by atoms with Gasteiger partial charge in [-0.25, -0.2) is 0 Å². The van der Waals surface area contributed by atoms with E-state index in [1.54, 1.807) is 0 Å². The van der Waals surface area contributed by atoms with Crippen molar-refractivity contribution >= 4 is 45.5 Å². The molecule has 4 nitrogen and oxygen atoms in total. The standard InChI is InChI=1S/C22H16N2O2/c25-13-19-17-7-3-1-5-15(17)9-11-21(19)23-24-22-12-10-16-6-2-4-8-18(16)20(22)14-26/h1-14,23-24H. The average Bonchev–Trinajstić information content (AvgIpc) is 2.71. The van der Waals surface area contributed by atoms with Crippen molar-refractivity contribution in [2.75, 3.05) is 10.9 Å². The van der Waals surface area contributed by atoms with E-state index in [2.05, 4.69) is 10.9 Å². The van der Waals surface area contributed by atoms with Crippen molar-refractivity contribution in [2.45, 2.75) is 0 Å². The summed E-state index contributed by atoms with van der Waals surface area (Å²) in [6.07, 6.45) is 1.68. The van der Waals surface area contributed by atoms with E-state index < -0.39 is 0 Å². The number of hydrazine groups is 1. The highest BCUT2D eigenvalue weighted by Gasteiger charge is 2.09. The van der Waals surface area contributed by atoms with Crippen molar-refractivity contribution in [3.63, 3.8) is 0 Å². The molecule has 0 aliphatic rings. The SMILES string of the molecule is O=Cc1c(NNc2ccc3ccccc3c2C=O)ccc2ccccc12. The van der Waals surface area contributed by atoms with E-state index in [1.165, 1.54) is 0 Å². The summed E-state index contributed by atoms with van der Waals surface area (Å²) < 4.78 is 0. The summed E-state index contributed by atoms with van der Waals surface area (Å²) in [6, 6.07) is 23.0. The lowest BCUT2D eigenvalue weighted by atomic mass is 10.0. The molecule has 0 aliphatic heterocycles. The van der Waals surface area contributed by atoms with Gasteiger partial charge in [0.15, 0.2) is 12.6 Å². The lowest BCUT2D eigenvalue weighted by molar-refractivity contribution is 0.111. The molecule has 0 bridgehead atoms. The largest absolute Gasteiger partial charge is 0.300 e. The van der Waals surface area contributed by atoms with Gasteiger partial charge in [0.2, 0.25) is 0 Å². The van der Waals surface area contributed by atoms with E-state index in [0.29, 0.717) is 22.5 Å². The first-order chi connectivity index (χ1) is 12.8. The maximum Gasteiger partial charge on any atom is 0.152 e. The van der Waals surface area contributed by atoms with Gasteiger partial charge < -0.3 is 10.9 Å². The minimum atomic E-state index is 0.573. The van der Waals surface area contributed by atoms with Crippen LogP contribution in [0.4, 0.5) is 11.4 Å². The molecule has 4 aromatic rings. The highest BCUT2D eigenvalue weighted by molar-refractivity contribution is 6.05. The minimum absolute atomic E-state index is 0.573. The summed E-state index contributed by atoms with van der Waals surface area (Å²) in [4.78, 5) is 23.3. The summed E-state index contributed by atoms with van der Waals surface area (Å²) in [5.41, 5.74) is 8.60. The molecular weight excluding hydrogens is 324 g/mol. The van der Waals surface area contributed by atoms with Gasteiger partial charge in [0, 0.05) is 11.1 Å². The second-order valence-electron chi connectivity index (χ2n) is 5.98. The lowest BCUT2D eigenvalue weighted by Gasteiger charge is -2.15. The molecule has 0 saturated heterocycles. The van der Waals surface area contributed by atoms with Gasteiger partial charge in [-0.1, -0.05) is 60.7 Å². The Labute approximate surface area is 150 Å². The van der Waals surface area contributed by atoms with Gasteiger partial charge in [0.1, 0.15) is 0 Å². The summed E-state index contributed by atoms with van der Waals surface area (Å²) in [5, 5.41) is 3.76. The van der Waals surface area contributed by atoms with Crippen LogP contribution in [-0.4, -0.2) is 12.6 Å². The van der Waals surface area contributed by atoms with Crippen LogP contribution in [0.25, 0.3) is 21.5 Å². The van der Waals surface area contributed by atoms with Crippen LogP contribution >= 0.6 is 0 Å². The second kappa shape index (κ2) is 6.69. The number of hydrogen-bond acceptors (Lipinski definition) is 4. The molecule has 4 rings (SSSR count). The number of nitrogens with one attached hydrogen (secondary N) is 2. The van der Waals surface area contributed by atoms with E-state index in [9.17, 15) is 9.59 Å². The molecule has 0 radical (unpaired) electrons. The van der Waals surface area contributed by atoms with Crippen molar-refractivity contribution in [1.82, 2.24) is 0 Å². The first kappa shape index (κ1) is 15.8. The summed E-state index contributed by atoms with van der Waals surface area (Å²) in [5.74, 6) is 0. The number of benzene rings is 4. The van der Waals surface area contributed by atoms with Crippen molar-refractivity contribution in [3.05, 3.63) is 83.9 Å². The molecular formula is C22H16N2O2. The van der Waals surface area contributed by atoms with Crippen molar-refractivity contribution in [2.24, 2.45) is 0 Å². The molecule has 0 aliphatic carbocycles. The van der Waals surface area contributed by atoms with Gasteiger partial charge in [-0.05, 0) is 33.7 Å². The van der Waals surface area contributed by atoms with Gasteiger partial charge in [-0.3, -0.25) is 9.59 Å². The molecule has 0 fully saturated rings. The Morgan fingerprint density at radius 2 is 0.962 bits per heavy atom. The number of hydrogen-bond donors (Lipinski definition) is 2. The molecule has 126 valence electrons. The van der Waals surface area contributed by atoms with Crippen LogP contribution in [0.2, 0.25) is 0 Å². The molecule has 0 atom stereocenters. The van der Waals surface area contributed by atoms with E-state index in [0.717, 1.165) is 34.1 Å². The van der Waals surface area contributed by atoms with Gasteiger partial charge in [0.25, 0.3) is 0 Å². The molecule has 4 aromatic carbocycles. The number of carbonyl (C=O) groups is 2. The van der Waals surface area contributed by atoms with Crippen molar-refractivity contribution in [1.29, 1.82) is 0 Å². The molecule has 0 aromatic heterocycles. The quantitative estimate of drug-likeness (QED) is 0.394. The number of rotatable bonds is 5. The highest BCUT2D eigenvalue weighted by Crippen LogP contribution is 2.27. The topological polar surface area (TPSA) is 58.2 Å². The van der Waals surface area contributed by atoms with Crippen LogP contribution in [0.3, 0.4) is 0 Å². The minimum Gasteiger partial charge on any atom is -0.300 e. The van der Waals surface area contributed by atoms with Gasteiger partial charge in [-0.2, -0.15) is 0 Å². The molecule has 0 spiro atoms. The summed E-state index contributed by atoms with van der Waals surface area (Å²) >= 11 is 0.